The molecule has 0 unspecified atom stereocenters. The number of nitrogens with zero attached hydrogens (tertiary/aromatic N) is 5. The number of hydrogen-bond acceptors (Lipinski definition) is 3. The molecule has 5 aromatic heterocycles. The molecule has 158 valence electrons. The van der Waals surface area contributed by atoms with Crippen LogP contribution in [0.2, 0.25) is 0 Å². The number of aromatic nitrogens is 5. The lowest BCUT2D eigenvalue weighted by Gasteiger charge is -2.13. The van der Waals surface area contributed by atoms with E-state index in [1.807, 2.05) is 30.9 Å². The largest absolute Gasteiger partial charge is 0.308 e. The van der Waals surface area contributed by atoms with Crippen LogP contribution >= 0.6 is 0 Å². The fraction of sp³-hybridized carbons (Fsp3) is 0. The lowest BCUT2D eigenvalue weighted by Crippen LogP contribution is -1.97. The van der Waals surface area contributed by atoms with Gasteiger partial charge in [-0.1, -0.05) is 48.5 Å². The quantitative estimate of drug-likeness (QED) is 0.270. The second-order valence-corrected chi connectivity index (χ2v) is 8.60. The van der Waals surface area contributed by atoms with Gasteiger partial charge in [-0.3, -0.25) is 14.4 Å². The molecule has 0 aliphatic heterocycles. The predicted molar refractivity (Wildman–Crippen MR) is 138 cm³/mol. The smallest absolute Gasteiger partial charge is 0.148 e. The van der Waals surface area contributed by atoms with Crippen molar-refractivity contribution in [3.63, 3.8) is 0 Å². The molecule has 0 aliphatic rings. The Balaban J connectivity index is 1.76. The lowest BCUT2D eigenvalue weighted by molar-refractivity contribution is 1.18. The summed E-state index contributed by atoms with van der Waals surface area (Å²) in [6.07, 6.45) is 7.48. The van der Waals surface area contributed by atoms with Gasteiger partial charge >= 0.3 is 0 Å². The minimum atomic E-state index is 0.882. The van der Waals surface area contributed by atoms with E-state index in [1.54, 1.807) is 0 Å². The number of para-hydroxylation sites is 2. The average molecular weight is 435 g/mol. The molecule has 0 N–H and O–H groups in total. The van der Waals surface area contributed by atoms with E-state index in [1.165, 1.54) is 16.3 Å². The van der Waals surface area contributed by atoms with Crippen LogP contribution in [0.3, 0.4) is 0 Å². The zero-order chi connectivity index (χ0) is 22.2. The van der Waals surface area contributed by atoms with Crippen molar-refractivity contribution in [2.24, 2.45) is 0 Å². The number of pyridine rings is 3. The third-order valence-corrected chi connectivity index (χ3v) is 6.86. The zero-order valence-corrected chi connectivity index (χ0v) is 18.1. The molecule has 5 heterocycles. The Bertz CT molecular complexity index is 2070. The summed E-state index contributed by atoms with van der Waals surface area (Å²) < 4.78 is 4.62. The lowest BCUT2D eigenvalue weighted by atomic mass is 10.0. The van der Waals surface area contributed by atoms with Gasteiger partial charge in [0, 0.05) is 40.4 Å². The van der Waals surface area contributed by atoms with Crippen LogP contribution in [0.5, 0.6) is 0 Å². The Morgan fingerprint density at radius 3 is 2.24 bits per heavy atom. The first-order valence-electron chi connectivity index (χ1n) is 11.3. The van der Waals surface area contributed by atoms with Crippen molar-refractivity contribution in [3.05, 3.63) is 104 Å². The highest BCUT2D eigenvalue weighted by molar-refractivity contribution is 6.27. The van der Waals surface area contributed by atoms with E-state index < -0.39 is 0 Å². The maximum absolute atomic E-state index is 5.12. The van der Waals surface area contributed by atoms with Gasteiger partial charge in [0.25, 0.3) is 0 Å². The van der Waals surface area contributed by atoms with E-state index >= 15 is 0 Å². The van der Waals surface area contributed by atoms with Crippen LogP contribution in [0.25, 0.3) is 65.8 Å². The molecular formula is C29H17N5. The summed E-state index contributed by atoms with van der Waals surface area (Å²) in [6, 6.07) is 27.7. The number of fused-ring (bicyclic) bond motifs is 12. The molecule has 0 bridgehead atoms. The van der Waals surface area contributed by atoms with Gasteiger partial charge in [-0.05, 0) is 35.7 Å². The first-order chi connectivity index (χ1) is 16.9. The molecule has 8 rings (SSSR count). The monoisotopic (exact) mass is 435 g/mol. The summed E-state index contributed by atoms with van der Waals surface area (Å²) in [4.78, 5) is 13.9. The second-order valence-electron chi connectivity index (χ2n) is 8.60. The first-order valence-corrected chi connectivity index (χ1v) is 11.3. The molecule has 0 fully saturated rings. The molecule has 0 atom stereocenters. The van der Waals surface area contributed by atoms with E-state index in [2.05, 4.69) is 91.7 Å². The molecular weight excluding hydrogens is 418 g/mol. The molecule has 0 saturated carbocycles. The summed E-state index contributed by atoms with van der Waals surface area (Å²) in [6.45, 7) is 0. The van der Waals surface area contributed by atoms with Gasteiger partial charge in [-0.15, -0.1) is 0 Å². The molecule has 0 aliphatic carbocycles. The molecule has 0 spiro atoms. The van der Waals surface area contributed by atoms with Crippen molar-refractivity contribution in [3.8, 4) is 5.69 Å². The van der Waals surface area contributed by atoms with Crippen molar-refractivity contribution in [2.75, 3.05) is 0 Å². The maximum atomic E-state index is 5.12. The van der Waals surface area contributed by atoms with Crippen molar-refractivity contribution in [2.45, 2.75) is 0 Å². The van der Waals surface area contributed by atoms with Crippen LogP contribution in [0.4, 0.5) is 0 Å². The molecule has 5 nitrogen and oxygen atoms in total. The third-order valence-electron chi connectivity index (χ3n) is 6.86. The van der Waals surface area contributed by atoms with Crippen molar-refractivity contribution < 1.29 is 0 Å². The SMILES string of the molecule is c1ccc(-n2c3ccccc3c3ccc4c5cnccc5n5c6ccncc6nc5c4c32)cc1. The van der Waals surface area contributed by atoms with Crippen LogP contribution in [-0.4, -0.2) is 23.9 Å². The Labute approximate surface area is 193 Å². The van der Waals surface area contributed by atoms with Gasteiger partial charge in [0.2, 0.25) is 0 Å². The number of benzene rings is 3. The van der Waals surface area contributed by atoms with Crippen LogP contribution in [0, 0.1) is 0 Å². The second kappa shape index (κ2) is 6.39. The van der Waals surface area contributed by atoms with E-state index in [0.29, 0.717) is 0 Å². The minimum absolute atomic E-state index is 0.882. The normalized spacial score (nSPS) is 12.1. The van der Waals surface area contributed by atoms with Gasteiger partial charge in [0.05, 0.1) is 33.6 Å². The Hall–Kier alpha value is -4.77. The summed E-state index contributed by atoms with van der Waals surface area (Å²) in [5.74, 6) is 0. The third kappa shape index (κ3) is 2.16. The van der Waals surface area contributed by atoms with Crippen LogP contribution < -0.4 is 0 Å². The van der Waals surface area contributed by atoms with Gasteiger partial charge in [-0.2, -0.15) is 0 Å². The fourth-order valence-electron chi connectivity index (χ4n) is 5.49. The first kappa shape index (κ1) is 17.7. The average Bonchev–Trinajstić information content (AvgIpc) is 3.45. The van der Waals surface area contributed by atoms with E-state index in [4.69, 9.17) is 4.98 Å². The van der Waals surface area contributed by atoms with Crippen LogP contribution in [0.15, 0.2) is 104 Å². The van der Waals surface area contributed by atoms with Gasteiger partial charge in [-0.25, -0.2) is 4.98 Å². The predicted octanol–water partition coefficient (Wildman–Crippen LogP) is 6.68. The van der Waals surface area contributed by atoms with Gasteiger partial charge < -0.3 is 4.57 Å². The maximum Gasteiger partial charge on any atom is 0.148 e. The highest BCUT2D eigenvalue weighted by Crippen LogP contribution is 2.41. The van der Waals surface area contributed by atoms with E-state index in [9.17, 15) is 0 Å². The molecule has 0 amide bonds. The minimum Gasteiger partial charge on any atom is -0.308 e. The highest BCUT2D eigenvalue weighted by atomic mass is 15.0. The fourth-order valence-corrected chi connectivity index (χ4v) is 5.49. The molecule has 8 aromatic rings. The molecule has 34 heavy (non-hydrogen) atoms. The van der Waals surface area contributed by atoms with E-state index in [0.717, 1.165) is 49.6 Å². The highest BCUT2D eigenvalue weighted by Gasteiger charge is 2.20. The summed E-state index contributed by atoms with van der Waals surface area (Å²) in [5.41, 5.74) is 7.41. The zero-order valence-electron chi connectivity index (χ0n) is 18.1. The van der Waals surface area contributed by atoms with Crippen LogP contribution in [-0.2, 0) is 0 Å². The number of rotatable bonds is 1. The van der Waals surface area contributed by atoms with E-state index in [-0.39, 0.29) is 0 Å². The summed E-state index contributed by atoms with van der Waals surface area (Å²) in [5, 5.41) is 5.81. The van der Waals surface area contributed by atoms with Gasteiger partial charge in [0.1, 0.15) is 11.2 Å². The van der Waals surface area contributed by atoms with Gasteiger partial charge in [0.15, 0.2) is 0 Å². The molecule has 5 heteroatoms. The molecule has 3 aromatic carbocycles. The summed E-state index contributed by atoms with van der Waals surface area (Å²) >= 11 is 0. The summed E-state index contributed by atoms with van der Waals surface area (Å²) in [7, 11) is 0. The molecule has 0 radical (unpaired) electrons. The molecule has 0 saturated heterocycles. The topological polar surface area (TPSA) is 48.0 Å². The Morgan fingerprint density at radius 1 is 0.559 bits per heavy atom. The van der Waals surface area contributed by atoms with Crippen molar-refractivity contribution >= 4 is 60.2 Å². The van der Waals surface area contributed by atoms with Crippen molar-refractivity contribution in [1.82, 2.24) is 23.9 Å². The number of imidazole rings is 1. The van der Waals surface area contributed by atoms with Crippen molar-refractivity contribution in [1.29, 1.82) is 0 Å². The Morgan fingerprint density at radius 2 is 1.32 bits per heavy atom. The Kier molecular flexibility index (Phi) is 3.34. The van der Waals surface area contributed by atoms with Crippen LogP contribution in [0.1, 0.15) is 0 Å². The standard InChI is InChI=1S/C29H17N5/c1-2-6-18(7-3-1)33-24-9-5-4-8-19(24)21-11-10-20-22-16-30-14-12-25(22)34-26-13-15-31-17-23(26)32-29(34)27(20)28(21)33/h1-17H. The number of hydrogen-bond donors (Lipinski definition) is 0.